The summed E-state index contributed by atoms with van der Waals surface area (Å²) in [5.74, 6) is 0. The van der Waals surface area contributed by atoms with Gasteiger partial charge in [-0.15, -0.1) is 0 Å². The van der Waals surface area contributed by atoms with E-state index >= 15 is 0 Å². The Hall–Kier alpha value is -1.26. The fraction of sp³-hybridized carbons (Fsp3) is 0.600. The highest BCUT2D eigenvalue weighted by atomic mass is 16.5. The largest absolute Gasteiger partial charge is 0.399 e. The molecule has 0 unspecified atom stereocenters. The molecule has 104 valence electrons. The maximum Gasteiger partial charge on any atom is 0.0594 e. The van der Waals surface area contributed by atoms with Crippen molar-refractivity contribution in [1.29, 1.82) is 0 Å². The van der Waals surface area contributed by atoms with Gasteiger partial charge in [-0.2, -0.15) is 0 Å². The van der Waals surface area contributed by atoms with Gasteiger partial charge < -0.3 is 15.4 Å². The molecular weight excluding hydrogens is 238 g/mol. The fourth-order valence-corrected chi connectivity index (χ4v) is 3.02. The average Bonchev–Trinajstić information content (AvgIpc) is 2.34. The lowest BCUT2D eigenvalue weighted by Gasteiger charge is -2.48. The zero-order chi connectivity index (χ0) is 13.4. The molecule has 0 amide bonds. The van der Waals surface area contributed by atoms with Crippen LogP contribution < -0.4 is 10.6 Å². The van der Waals surface area contributed by atoms with Crippen LogP contribution in [0, 0.1) is 13.8 Å². The quantitative estimate of drug-likeness (QED) is 0.817. The second kappa shape index (κ2) is 5.02. The lowest BCUT2D eigenvalue weighted by atomic mass is 10.0. The minimum Gasteiger partial charge on any atom is -0.399 e. The number of nitrogens with two attached hydrogens (primary N) is 1. The zero-order valence-corrected chi connectivity index (χ0v) is 11.9. The number of morpholine rings is 1. The number of nitrogens with zero attached hydrogens (tertiary/aromatic N) is 2. The third-order valence-electron chi connectivity index (χ3n) is 4.43. The Kier molecular flexibility index (Phi) is 3.37. The van der Waals surface area contributed by atoms with Crippen molar-refractivity contribution in [2.75, 3.05) is 50.0 Å². The van der Waals surface area contributed by atoms with Crippen LogP contribution in [0.15, 0.2) is 12.1 Å². The number of hydrogen-bond acceptors (Lipinski definition) is 4. The topological polar surface area (TPSA) is 41.7 Å². The molecule has 2 heterocycles. The van der Waals surface area contributed by atoms with E-state index in [1.54, 1.807) is 0 Å². The van der Waals surface area contributed by atoms with Gasteiger partial charge in [-0.25, -0.2) is 0 Å². The highest BCUT2D eigenvalue weighted by Gasteiger charge is 2.33. The number of rotatable bonds is 2. The Labute approximate surface area is 115 Å². The van der Waals surface area contributed by atoms with Gasteiger partial charge in [0, 0.05) is 43.6 Å². The van der Waals surface area contributed by atoms with E-state index < -0.39 is 0 Å². The van der Waals surface area contributed by atoms with Gasteiger partial charge in [0.1, 0.15) is 0 Å². The molecule has 2 fully saturated rings. The molecular formula is C15H23N3O. The first kappa shape index (κ1) is 12.8. The van der Waals surface area contributed by atoms with Crippen LogP contribution in [0.3, 0.4) is 0 Å². The Morgan fingerprint density at radius 2 is 1.84 bits per heavy atom. The summed E-state index contributed by atoms with van der Waals surface area (Å²) in [6.45, 7) is 10.5. The number of aryl methyl sites for hydroxylation is 1. The molecule has 2 saturated heterocycles. The molecule has 1 aromatic rings. The predicted molar refractivity (Wildman–Crippen MR) is 78.7 cm³/mol. The van der Waals surface area contributed by atoms with Crippen LogP contribution in [0.25, 0.3) is 0 Å². The van der Waals surface area contributed by atoms with E-state index in [1.807, 2.05) is 0 Å². The highest BCUT2D eigenvalue weighted by Crippen LogP contribution is 2.31. The first-order valence-corrected chi connectivity index (χ1v) is 7.08. The number of anilines is 2. The first-order chi connectivity index (χ1) is 9.15. The van der Waals surface area contributed by atoms with Gasteiger partial charge in [0.05, 0.1) is 13.2 Å². The summed E-state index contributed by atoms with van der Waals surface area (Å²) in [5, 5.41) is 0. The van der Waals surface area contributed by atoms with E-state index in [2.05, 4.69) is 35.8 Å². The van der Waals surface area contributed by atoms with Crippen molar-refractivity contribution in [1.82, 2.24) is 4.90 Å². The smallest absolute Gasteiger partial charge is 0.0594 e. The van der Waals surface area contributed by atoms with Crippen LogP contribution in [-0.2, 0) is 4.74 Å². The number of nitrogen functional groups attached to an aromatic ring is 1. The van der Waals surface area contributed by atoms with Gasteiger partial charge in [-0.3, -0.25) is 4.90 Å². The molecule has 4 nitrogen and oxygen atoms in total. The Bertz CT molecular complexity index is 463. The molecule has 0 radical (unpaired) electrons. The summed E-state index contributed by atoms with van der Waals surface area (Å²) < 4.78 is 5.41. The van der Waals surface area contributed by atoms with Crippen LogP contribution in [0.2, 0.25) is 0 Å². The molecule has 0 aromatic heterocycles. The lowest BCUT2D eigenvalue weighted by molar-refractivity contribution is 0.0105. The van der Waals surface area contributed by atoms with Crippen molar-refractivity contribution >= 4 is 11.4 Å². The van der Waals surface area contributed by atoms with E-state index in [0.717, 1.165) is 45.1 Å². The normalized spacial score (nSPS) is 21.5. The standard InChI is InChI=1S/C15H23N3O/c1-11-7-13(16)8-15(12(11)2)18-9-14(10-18)17-3-5-19-6-4-17/h7-8,14H,3-6,9-10,16H2,1-2H3. The van der Waals surface area contributed by atoms with Crippen LogP contribution in [0.1, 0.15) is 11.1 Å². The SMILES string of the molecule is Cc1cc(N)cc(N2CC(N3CCOCC3)C2)c1C. The van der Waals surface area contributed by atoms with E-state index in [0.29, 0.717) is 6.04 Å². The molecule has 2 aliphatic heterocycles. The molecule has 0 atom stereocenters. The minimum absolute atomic E-state index is 0.685. The average molecular weight is 261 g/mol. The third kappa shape index (κ3) is 2.42. The summed E-state index contributed by atoms with van der Waals surface area (Å²) in [6, 6.07) is 4.85. The molecule has 2 N–H and O–H groups in total. The molecule has 1 aromatic carbocycles. The van der Waals surface area contributed by atoms with Gasteiger partial charge in [0.15, 0.2) is 0 Å². The van der Waals surface area contributed by atoms with E-state index in [-0.39, 0.29) is 0 Å². The molecule has 0 spiro atoms. The number of hydrogen-bond donors (Lipinski definition) is 1. The zero-order valence-electron chi connectivity index (χ0n) is 11.9. The summed E-state index contributed by atoms with van der Waals surface area (Å²) in [6.07, 6.45) is 0. The summed E-state index contributed by atoms with van der Waals surface area (Å²) in [5.41, 5.74) is 10.8. The molecule has 3 rings (SSSR count). The highest BCUT2D eigenvalue weighted by molar-refractivity contribution is 5.65. The van der Waals surface area contributed by atoms with Crippen molar-refractivity contribution in [2.45, 2.75) is 19.9 Å². The van der Waals surface area contributed by atoms with Gasteiger partial charge in [-0.05, 0) is 37.1 Å². The summed E-state index contributed by atoms with van der Waals surface area (Å²) in [7, 11) is 0. The third-order valence-corrected chi connectivity index (χ3v) is 4.43. The predicted octanol–water partition coefficient (Wildman–Crippen LogP) is 1.41. The van der Waals surface area contributed by atoms with Crippen molar-refractivity contribution in [3.63, 3.8) is 0 Å². The fourth-order valence-electron chi connectivity index (χ4n) is 3.02. The van der Waals surface area contributed by atoms with Crippen molar-refractivity contribution in [2.24, 2.45) is 0 Å². The van der Waals surface area contributed by atoms with Gasteiger partial charge in [-0.1, -0.05) is 0 Å². The van der Waals surface area contributed by atoms with Crippen molar-refractivity contribution in [3.05, 3.63) is 23.3 Å². The summed E-state index contributed by atoms with van der Waals surface area (Å²) >= 11 is 0. The van der Waals surface area contributed by atoms with Crippen molar-refractivity contribution in [3.8, 4) is 0 Å². The number of benzene rings is 1. The van der Waals surface area contributed by atoms with Gasteiger partial charge in [0.25, 0.3) is 0 Å². The lowest BCUT2D eigenvalue weighted by Crippen LogP contribution is -2.61. The van der Waals surface area contributed by atoms with Crippen LogP contribution in [-0.4, -0.2) is 50.3 Å². The maximum atomic E-state index is 5.97. The molecule has 0 aliphatic carbocycles. The molecule has 0 saturated carbocycles. The van der Waals surface area contributed by atoms with Crippen molar-refractivity contribution < 1.29 is 4.74 Å². The maximum absolute atomic E-state index is 5.97. The van der Waals surface area contributed by atoms with Crippen LogP contribution in [0.5, 0.6) is 0 Å². The van der Waals surface area contributed by atoms with Crippen LogP contribution in [0.4, 0.5) is 11.4 Å². The number of ether oxygens (including phenoxy) is 1. The monoisotopic (exact) mass is 261 g/mol. The van der Waals surface area contributed by atoms with Gasteiger partial charge >= 0.3 is 0 Å². The molecule has 0 bridgehead atoms. The Balaban J connectivity index is 1.67. The first-order valence-electron chi connectivity index (χ1n) is 7.08. The van der Waals surface area contributed by atoms with E-state index in [4.69, 9.17) is 10.5 Å². The van der Waals surface area contributed by atoms with Gasteiger partial charge in [0.2, 0.25) is 0 Å². The van der Waals surface area contributed by atoms with E-state index in [1.165, 1.54) is 16.8 Å². The second-order valence-corrected chi connectivity index (χ2v) is 5.69. The molecule has 19 heavy (non-hydrogen) atoms. The molecule has 4 heteroatoms. The Morgan fingerprint density at radius 3 is 2.53 bits per heavy atom. The summed E-state index contributed by atoms with van der Waals surface area (Å²) in [4.78, 5) is 4.99. The van der Waals surface area contributed by atoms with E-state index in [9.17, 15) is 0 Å². The Morgan fingerprint density at radius 1 is 1.16 bits per heavy atom. The molecule has 2 aliphatic rings. The minimum atomic E-state index is 0.685. The second-order valence-electron chi connectivity index (χ2n) is 5.69. The van der Waals surface area contributed by atoms with Crippen LogP contribution >= 0.6 is 0 Å².